The highest BCUT2D eigenvalue weighted by Crippen LogP contribution is 2.35. The van der Waals surface area contributed by atoms with Gasteiger partial charge in [-0.15, -0.1) is 0 Å². The van der Waals surface area contributed by atoms with Gasteiger partial charge in [0, 0.05) is 6.61 Å². The summed E-state index contributed by atoms with van der Waals surface area (Å²) in [5.41, 5.74) is 0.465. The Labute approximate surface area is 64.7 Å². The molecule has 11 heavy (non-hydrogen) atoms. The van der Waals surface area contributed by atoms with E-state index in [0.29, 0.717) is 11.5 Å². The number of aliphatic carboxylic acids is 1. The molecule has 0 unspecified atom stereocenters. The van der Waals surface area contributed by atoms with Crippen LogP contribution in [0.15, 0.2) is 11.6 Å². The molecule has 0 amide bonds. The molecule has 1 aliphatic heterocycles. The van der Waals surface area contributed by atoms with Crippen LogP contribution in [0.3, 0.4) is 0 Å². The largest absolute Gasteiger partial charge is 0.478 e. The Morgan fingerprint density at radius 1 is 1.73 bits per heavy atom. The first-order chi connectivity index (χ1) is 5.29. The predicted octanol–water partition coefficient (Wildman–Crippen LogP) is 0.806. The van der Waals surface area contributed by atoms with Crippen LogP contribution in [0.5, 0.6) is 0 Å². The summed E-state index contributed by atoms with van der Waals surface area (Å²) in [5, 5.41) is 8.71. The number of fused-ring (bicyclic) bond motifs is 1. The van der Waals surface area contributed by atoms with E-state index in [-0.39, 0.29) is 6.10 Å². The zero-order chi connectivity index (χ0) is 7.84. The van der Waals surface area contributed by atoms with Gasteiger partial charge in [0.2, 0.25) is 0 Å². The Hall–Kier alpha value is -0.830. The summed E-state index contributed by atoms with van der Waals surface area (Å²) in [6.45, 7) is 0.722. The van der Waals surface area contributed by atoms with Crippen molar-refractivity contribution in [3.05, 3.63) is 11.6 Å². The van der Waals surface area contributed by atoms with Crippen molar-refractivity contribution in [1.82, 2.24) is 0 Å². The highest BCUT2D eigenvalue weighted by molar-refractivity contribution is 5.88. The van der Waals surface area contributed by atoms with E-state index in [1.54, 1.807) is 6.08 Å². The van der Waals surface area contributed by atoms with Crippen molar-refractivity contribution >= 4 is 5.97 Å². The molecule has 0 aromatic rings. The minimum Gasteiger partial charge on any atom is -0.478 e. The van der Waals surface area contributed by atoms with Crippen molar-refractivity contribution in [2.45, 2.75) is 18.9 Å². The Balaban J connectivity index is 2.18. The minimum atomic E-state index is -0.820. The van der Waals surface area contributed by atoms with Gasteiger partial charge in [-0.3, -0.25) is 0 Å². The molecule has 2 aliphatic rings. The second kappa shape index (κ2) is 2.34. The predicted molar refractivity (Wildman–Crippen MR) is 38.2 cm³/mol. The Morgan fingerprint density at radius 3 is 3.27 bits per heavy atom. The van der Waals surface area contributed by atoms with Gasteiger partial charge in [-0.2, -0.15) is 0 Å². The second-order valence-electron chi connectivity index (χ2n) is 3.04. The highest BCUT2D eigenvalue weighted by Gasteiger charge is 2.37. The summed E-state index contributed by atoms with van der Waals surface area (Å²) < 4.78 is 5.30. The number of allylic oxidation sites excluding steroid dienone is 1. The summed E-state index contributed by atoms with van der Waals surface area (Å²) >= 11 is 0. The quantitative estimate of drug-likeness (QED) is 0.607. The van der Waals surface area contributed by atoms with Crippen LogP contribution in [0.2, 0.25) is 0 Å². The molecule has 0 aromatic heterocycles. The summed E-state index contributed by atoms with van der Waals surface area (Å²) in [6, 6.07) is 0. The maximum Gasteiger partial charge on any atom is 0.333 e. The van der Waals surface area contributed by atoms with Crippen molar-refractivity contribution in [3.8, 4) is 0 Å². The zero-order valence-electron chi connectivity index (χ0n) is 6.12. The maximum atomic E-state index is 10.6. The molecule has 0 spiro atoms. The maximum absolute atomic E-state index is 10.6. The first-order valence-corrected chi connectivity index (χ1v) is 3.84. The second-order valence-corrected chi connectivity index (χ2v) is 3.04. The number of carboxylic acid groups (broad SMARTS) is 1. The van der Waals surface area contributed by atoms with Gasteiger partial charge in [-0.1, -0.05) is 6.08 Å². The lowest BCUT2D eigenvalue weighted by Gasteiger charge is -2.09. The first-order valence-electron chi connectivity index (χ1n) is 3.84. The number of carbonyl (C=O) groups is 1. The molecule has 0 radical (unpaired) electrons. The van der Waals surface area contributed by atoms with Crippen LogP contribution in [-0.4, -0.2) is 23.8 Å². The van der Waals surface area contributed by atoms with E-state index in [1.807, 2.05) is 0 Å². The van der Waals surface area contributed by atoms with Crippen molar-refractivity contribution < 1.29 is 14.6 Å². The van der Waals surface area contributed by atoms with E-state index in [0.717, 1.165) is 19.4 Å². The van der Waals surface area contributed by atoms with Gasteiger partial charge in [-0.05, 0) is 18.8 Å². The standard InChI is InChI=1S/C8H10O3/c9-8(10)6-2-1-5-3-4-11-7(5)6/h2,5,7H,1,3-4H2,(H,9,10)/t5-,7+/m0/s1. The van der Waals surface area contributed by atoms with Gasteiger partial charge in [0.15, 0.2) is 0 Å². The van der Waals surface area contributed by atoms with Crippen molar-refractivity contribution in [2.24, 2.45) is 5.92 Å². The molecular formula is C8H10O3. The fraction of sp³-hybridized carbons (Fsp3) is 0.625. The summed E-state index contributed by atoms with van der Waals surface area (Å²) in [6.07, 6.45) is 3.58. The Bertz CT molecular complexity index is 219. The van der Waals surface area contributed by atoms with Gasteiger partial charge >= 0.3 is 5.97 Å². The third-order valence-corrected chi connectivity index (χ3v) is 2.41. The van der Waals surface area contributed by atoms with E-state index < -0.39 is 5.97 Å². The normalized spacial score (nSPS) is 35.1. The molecule has 1 saturated heterocycles. The molecule has 1 fully saturated rings. The lowest BCUT2D eigenvalue weighted by molar-refractivity contribution is -0.133. The average Bonchev–Trinajstić information content (AvgIpc) is 2.41. The van der Waals surface area contributed by atoms with Crippen molar-refractivity contribution in [3.63, 3.8) is 0 Å². The van der Waals surface area contributed by atoms with Gasteiger partial charge in [0.25, 0.3) is 0 Å². The van der Waals surface area contributed by atoms with Crippen LogP contribution < -0.4 is 0 Å². The molecular weight excluding hydrogens is 144 g/mol. The summed E-state index contributed by atoms with van der Waals surface area (Å²) in [5.74, 6) is -0.375. The van der Waals surface area contributed by atoms with Crippen LogP contribution in [0, 0.1) is 5.92 Å². The molecule has 0 aromatic carbocycles. The third-order valence-electron chi connectivity index (χ3n) is 2.41. The van der Waals surface area contributed by atoms with Gasteiger partial charge < -0.3 is 9.84 Å². The average molecular weight is 154 g/mol. The molecule has 1 aliphatic carbocycles. The van der Waals surface area contributed by atoms with Crippen LogP contribution >= 0.6 is 0 Å². The van der Waals surface area contributed by atoms with Gasteiger partial charge in [0.1, 0.15) is 0 Å². The number of ether oxygens (including phenoxy) is 1. The first kappa shape index (κ1) is 6.85. The molecule has 1 heterocycles. The summed E-state index contributed by atoms with van der Waals surface area (Å²) in [7, 11) is 0. The van der Waals surface area contributed by atoms with Gasteiger partial charge in [0.05, 0.1) is 11.7 Å². The molecule has 0 bridgehead atoms. The molecule has 60 valence electrons. The van der Waals surface area contributed by atoms with Gasteiger partial charge in [-0.25, -0.2) is 4.79 Å². The fourth-order valence-corrected chi connectivity index (χ4v) is 1.82. The molecule has 3 nitrogen and oxygen atoms in total. The SMILES string of the molecule is O=C(O)C1=CC[C@H]2CCO[C@@H]12. The number of hydrogen-bond acceptors (Lipinski definition) is 2. The van der Waals surface area contributed by atoms with E-state index in [9.17, 15) is 4.79 Å². The monoisotopic (exact) mass is 154 g/mol. The van der Waals surface area contributed by atoms with E-state index >= 15 is 0 Å². The van der Waals surface area contributed by atoms with Crippen molar-refractivity contribution in [2.75, 3.05) is 6.61 Å². The van der Waals surface area contributed by atoms with Crippen molar-refractivity contribution in [1.29, 1.82) is 0 Å². The molecule has 3 heteroatoms. The topological polar surface area (TPSA) is 46.5 Å². The third kappa shape index (κ3) is 0.959. The highest BCUT2D eigenvalue weighted by atomic mass is 16.5. The number of hydrogen-bond donors (Lipinski definition) is 1. The molecule has 0 saturated carbocycles. The molecule has 2 atom stereocenters. The lowest BCUT2D eigenvalue weighted by Crippen LogP contribution is -2.18. The number of rotatable bonds is 1. The van der Waals surface area contributed by atoms with E-state index in [1.165, 1.54) is 0 Å². The Morgan fingerprint density at radius 2 is 2.55 bits per heavy atom. The van der Waals surface area contributed by atoms with Crippen LogP contribution in [-0.2, 0) is 9.53 Å². The fourth-order valence-electron chi connectivity index (χ4n) is 1.82. The van der Waals surface area contributed by atoms with E-state index in [2.05, 4.69) is 0 Å². The van der Waals surface area contributed by atoms with Crippen LogP contribution in [0.4, 0.5) is 0 Å². The number of carboxylic acids is 1. The van der Waals surface area contributed by atoms with E-state index in [4.69, 9.17) is 9.84 Å². The Kier molecular flexibility index (Phi) is 1.46. The van der Waals surface area contributed by atoms with Crippen LogP contribution in [0.25, 0.3) is 0 Å². The minimum absolute atomic E-state index is 0.104. The smallest absolute Gasteiger partial charge is 0.333 e. The molecule has 1 N–H and O–H groups in total. The van der Waals surface area contributed by atoms with Crippen LogP contribution in [0.1, 0.15) is 12.8 Å². The molecule has 2 rings (SSSR count). The lowest BCUT2D eigenvalue weighted by atomic mass is 10.0. The zero-order valence-corrected chi connectivity index (χ0v) is 6.12. The summed E-state index contributed by atoms with van der Waals surface area (Å²) in [4.78, 5) is 10.6.